The summed E-state index contributed by atoms with van der Waals surface area (Å²) in [5, 5.41) is 0. The fraction of sp³-hybridized carbons (Fsp3) is 0.583. The number of furan rings is 1. The Hall–Kier alpha value is 3.68. The van der Waals surface area contributed by atoms with Gasteiger partial charge in [0.2, 0.25) is 0 Å². The molecule has 1 nitrogen and oxygen atoms in total. The molecule has 0 spiro atoms. The Bertz CT molecular complexity index is 222. The fourth-order valence-electron chi connectivity index (χ4n) is 0.820. The van der Waals surface area contributed by atoms with Crippen LogP contribution in [-0.2, 0) is 65.4 Å². The van der Waals surface area contributed by atoms with Gasteiger partial charge in [-0.2, -0.15) is 12.0 Å². The molecule has 0 fully saturated rings. The second-order valence-corrected chi connectivity index (χ2v) is 3.22. The van der Waals surface area contributed by atoms with Crippen molar-refractivity contribution in [3.05, 3.63) is 30.1 Å². The van der Waals surface area contributed by atoms with Crippen molar-refractivity contribution >= 4 is 61.2 Å². The number of unbranched alkanes of at least 4 members (excludes halogenated alkanes) is 2. The van der Waals surface area contributed by atoms with Crippen molar-refractivity contribution in [3.63, 3.8) is 0 Å². The van der Waals surface area contributed by atoms with Gasteiger partial charge in [-0.25, -0.2) is 0 Å². The molecule has 0 bridgehead atoms. The average Bonchev–Trinajstić information content (AvgIpc) is 2.55. The van der Waals surface area contributed by atoms with E-state index in [1.807, 2.05) is 20.8 Å². The smallest absolute Gasteiger partial charge is 0 e. The Kier molecular flexibility index (Phi) is 47.4. The molecule has 1 aromatic rings. The first-order valence-corrected chi connectivity index (χ1v) is 11.3. The molecule has 6 heteroatoms. The topological polar surface area (TPSA) is 13.1 Å². The van der Waals surface area contributed by atoms with E-state index in [1.165, 1.54) is 18.4 Å². The predicted molar refractivity (Wildman–Crippen MR) is 100 cm³/mol. The number of hydrogen-bond acceptors (Lipinski definition) is 1. The maximum Gasteiger partial charge on any atom is 0 e. The third kappa shape index (κ3) is 19.7. The van der Waals surface area contributed by atoms with Crippen LogP contribution >= 0.6 is 61.2 Å². The molecule has 0 aliphatic carbocycles. The summed E-state index contributed by atoms with van der Waals surface area (Å²) in [4.78, 5) is 0. The van der Waals surface area contributed by atoms with E-state index in [2.05, 4.69) is 57.3 Å². The Morgan fingerprint density at radius 3 is 1.67 bits per heavy atom. The number of rotatable bonds is 2. The molecule has 18 heavy (non-hydrogen) atoms. The van der Waals surface area contributed by atoms with Gasteiger partial charge in [-0.1, -0.05) is 46.3 Å². The molecule has 0 amide bonds. The summed E-state index contributed by atoms with van der Waals surface area (Å²) in [7, 11) is 0. The van der Waals surface area contributed by atoms with Crippen LogP contribution in [0.3, 0.4) is 0 Å². The van der Waals surface area contributed by atoms with Crippen LogP contribution in [0.4, 0.5) is 0 Å². The molecule has 1 aromatic heterocycles. The zero-order chi connectivity index (χ0) is 12.3. The van der Waals surface area contributed by atoms with Crippen LogP contribution in [0.25, 0.3) is 0 Å². The van der Waals surface area contributed by atoms with Crippen molar-refractivity contribution in [1.29, 1.82) is 0 Å². The van der Waals surface area contributed by atoms with E-state index in [0.29, 0.717) is 0 Å². The minimum Gasteiger partial charge on any atom is -0.595 e. The first-order chi connectivity index (χ1) is 7.13. The Labute approximate surface area is 204 Å². The summed E-state index contributed by atoms with van der Waals surface area (Å²) in [6.45, 7) is 11.8. The molecule has 0 aliphatic heterocycles. The molecule has 2 radical (unpaired) electrons. The van der Waals surface area contributed by atoms with E-state index < -0.39 is 0 Å². The van der Waals surface area contributed by atoms with Gasteiger partial charge in [-0.3, -0.25) is 0 Å². The molecule has 1 heterocycles. The van der Waals surface area contributed by atoms with E-state index in [-0.39, 0.29) is 89.4 Å². The van der Waals surface area contributed by atoms with Crippen LogP contribution in [0.2, 0.25) is 0 Å². The molecule has 1 rings (SSSR count). The molecule has 104 valence electrons. The second kappa shape index (κ2) is 25.6. The van der Waals surface area contributed by atoms with Gasteiger partial charge in [-0.15, -0.1) is 29.5 Å². The predicted octanol–water partition coefficient (Wildman–Crippen LogP) is 6.40. The largest absolute Gasteiger partial charge is 0.595 e. The number of hydrogen-bond donors (Lipinski definition) is 0. The van der Waals surface area contributed by atoms with Crippen LogP contribution in [-0.4, -0.2) is 0 Å². The molecule has 0 N–H and O–H groups in total. The van der Waals surface area contributed by atoms with Gasteiger partial charge in [0.05, 0.1) is 0 Å². The zero-order valence-electron chi connectivity index (χ0n) is 11.6. The van der Waals surface area contributed by atoms with Gasteiger partial charge < -0.3 is 11.3 Å². The third-order valence-corrected chi connectivity index (χ3v) is 2.05. The van der Waals surface area contributed by atoms with Crippen molar-refractivity contribution in [3.8, 4) is 0 Å². The molecular formula is C12H21I3OY2-2. The third-order valence-electron chi connectivity index (χ3n) is 2.05. The minimum atomic E-state index is 0. The summed E-state index contributed by atoms with van der Waals surface area (Å²) >= 11 is 4.24. The van der Waals surface area contributed by atoms with E-state index in [0.717, 1.165) is 17.7 Å². The van der Waals surface area contributed by atoms with Crippen molar-refractivity contribution in [2.45, 2.75) is 47.0 Å². The summed E-state index contributed by atoms with van der Waals surface area (Å²) in [5.74, 6) is 0.975. The maximum absolute atomic E-state index is 4.97. The fourth-order valence-corrected chi connectivity index (χ4v) is 0.820. The monoisotopic (exact) mass is 740 g/mol. The maximum atomic E-state index is 4.97. The standard InChI is InChI=1S/C7H9O.C5H11.I2.HI.2Y/c1-5-4-8-7(3)6(5)2;1-3-5-4-2;1-2;;;/h1-3H3;1,3-5H2,2H3;;1H;;/q2*-1;;;;. The van der Waals surface area contributed by atoms with Crippen LogP contribution < -0.4 is 0 Å². The minimum absolute atomic E-state index is 0. The van der Waals surface area contributed by atoms with E-state index in [4.69, 9.17) is 4.42 Å². The molecular weight excluding hydrogens is 719 g/mol. The van der Waals surface area contributed by atoms with E-state index >= 15 is 0 Å². The number of aryl methyl sites for hydroxylation is 2. The molecule has 0 atom stereocenters. The van der Waals surface area contributed by atoms with Crippen molar-refractivity contribution in [1.82, 2.24) is 0 Å². The van der Waals surface area contributed by atoms with Gasteiger partial charge in [0, 0.05) is 103 Å². The summed E-state index contributed by atoms with van der Waals surface area (Å²) in [6.07, 6.45) is 6.41. The van der Waals surface area contributed by atoms with Crippen molar-refractivity contribution in [2.24, 2.45) is 0 Å². The van der Waals surface area contributed by atoms with Gasteiger partial charge in [-0.05, 0) is 6.26 Å². The Balaban J connectivity index is -0.0000000507. The van der Waals surface area contributed by atoms with Crippen LogP contribution in [0.1, 0.15) is 43.1 Å². The Morgan fingerprint density at radius 1 is 1.17 bits per heavy atom. The second-order valence-electron chi connectivity index (χ2n) is 3.22. The number of halogens is 3. The Morgan fingerprint density at radius 2 is 1.61 bits per heavy atom. The van der Waals surface area contributed by atoms with Crippen LogP contribution in [0.15, 0.2) is 4.42 Å². The molecule has 0 aromatic carbocycles. The summed E-state index contributed by atoms with van der Waals surface area (Å²) in [6, 6.07) is 0. The summed E-state index contributed by atoms with van der Waals surface area (Å²) in [5.41, 5.74) is 2.33. The molecule has 0 saturated heterocycles. The normalized spacial score (nSPS) is 7.06. The van der Waals surface area contributed by atoms with Gasteiger partial charge >= 0.3 is 0 Å². The zero-order valence-corrected chi connectivity index (χ0v) is 23.9. The van der Waals surface area contributed by atoms with Gasteiger partial charge in [0.1, 0.15) is 0 Å². The van der Waals surface area contributed by atoms with Crippen molar-refractivity contribution in [2.75, 3.05) is 0 Å². The van der Waals surface area contributed by atoms with E-state index in [9.17, 15) is 0 Å². The molecule has 0 saturated carbocycles. The first kappa shape index (κ1) is 33.3. The quantitative estimate of drug-likeness (QED) is 0.253. The van der Waals surface area contributed by atoms with Crippen molar-refractivity contribution < 1.29 is 69.8 Å². The van der Waals surface area contributed by atoms with Crippen LogP contribution in [0, 0.1) is 34.0 Å². The SMILES string of the molecule is Cc1[c-]oc(C)c1C.I.II.[CH2-]CCCC.[Y].[Y]. The molecule has 0 unspecified atom stereocenters. The van der Waals surface area contributed by atoms with Gasteiger partial charge in [0.25, 0.3) is 0 Å². The molecule has 0 aliphatic rings. The summed E-state index contributed by atoms with van der Waals surface area (Å²) < 4.78 is 4.97. The van der Waals surface area contributed by atoms with Crippen LogP contribution in [0.5, 0.6) is 0 Å². The van der Waals surface area contributed by atoms with E-state index in [1.54, 1.807) is 0 Å². The average molecular weight is 740 g/mol. The van der Waals surface area contributed by atoms with Gasteiger partial charge in [0.15, 0.2) is 0 Å². The first-order valence-electron chi connectivity index (χ1n) is 5.01.